The van der Waals surface area contributed by atoms with E-state index in [1.165, 1.54) is 26.0 Å². The van der Waals surface area contributed by atoms with Crippen molar-refractivity contribution in [3.05, 3.63) is 45.9 Å². The number of nitrogens with zero attached hydrogens (tertiary/aromatic N) is 1. The van der Waals surface area contributed by atoms with E-state index >= 15 is 8.78 Å². The molecule has 2 aromatic rings. The fourth-order valence-electron chi connectivity index (χ4n) is 2.44. The van der Waals surface area contributed by atoms with E-state index in [0.717, 1.165) is 5.39 Å². The highest BCUT2D eigenvalue weighted by molar-refractivity contribution is 9.10. The summed E-state index contributed by atoms with van der Waals surface area (Å²) in [5.74, 6) is 0. The second kappa shape index (κ2) is 7.92. The van der Waals surface area contributed by atoms with Gasteiger partial charge in [-0.25, -0.2) is 0 Å². The zero-order valence-electron chi connectivity index (χ0n) is 13.8. The molecule has 134 valence electrons. The summed E-state index contributed by atoms with van der Waals surface area (Å²) in [6.45, 7) is 2.63. The third-order valence-corrected chi connectivity index (χ3v) is 6.32. The third-order valence-electron chi connectivity index (χ3n) is 3.54. The van der Waals surface area contributed by atoms with E-state index in [0.29, 0.717) is 10.9 Å². The fourth-order valence-corrected chi connectivity index (χ4v) is 4.76. The summed E-state index contributed by atoms with van der Waals surface area (Å²) in [4.78, 5) is 0. The third kappa shape index (κ3) is 3.93. The molecule has 0 heterocycles. The van der Waals surface area contributed by atoms with Gasteiger partial charge < -0.3 is 9.05 Å². The first kappa shape index (κ1) is 20.0. The first-order chi connectivity index (χ1) is 11.8. The van der Waals surface area contributed by atoms with Crippen LogP contribution < -0.4 is 0 Å². The molecule has 0 spiro atoms. The number of nitriles is 1. The summed E-state index contributed by atoms with van der Waals surface area (Å²) in [6, 6.07) is 9.98. The van der Waals surface area contributed by atoms with Gasteiger partial charge in [0.05, 0.1) is 25.7 Å². The Hall–Kier alpha value is -1.32. The number of hydrogen-bond donors (Lipinski definition) is 0. The van der Waals surface area contributed by atoms with Gasteiger partial charge in [-0.1, -0.05) is 34.1 Å². The van der Waals surface area contributed by atoms with Gasteiger partial charge in [-0.15, -0.1) is 0 Å². The molecular weight excluding hydrogens is 415 g/mol. The molecule has 25 heavy (non-hydrogen) atoms. The maximum Gasteiger partial charge on any atom is 0.404 e. The maximum atomic E-state index is 15.0. The summed E-state index contributed by atoms with van der Waals surface area (Å²) >= 11 is 3.13. The zero-order valence-corrected chi connectivity index (χ0v) is 16.2. The van der Waals surface area contributed by atoms with Gasteiger partial charge in [0.15, 0.2) is 0 Å². The van der Waals surface area contributed by atoms with Crippen molar-refractivity contribution in [1.29, 1.82) is 5.26 Å². The predicted octanol–water partition coefficient (Wildman–Crippen LogP) is 5.98. The summed E-state index contributed by atoms with van der Waals surface area (Å²) in [6.07, 6.45) is 0.175. The van der Waals surface area contributed by atoms with E-state index in [2.05, 4.69) is 15.9 Å². The largest absolute Gasteiger partial charge is 0.404 e. The smallest absolute Gasteiger partial charge is 0.304 e. The Morgan fingerprint density at radius 1 is 1.16 bits per heavy atom. The number of hydrogen-bond acceptors (Lipinski definition) is 4. The van der Waals surface area contributed by atoms with Crippen LogP contribution in [0.3, 0.4) is 0 Å². The molecule has 0 aliphatic heterocycles. The highest BCUT2D eigenvalue weighted by Gasteiger charge is 2.55. The predicted molar refractivity (Wildman–Crippen MR) is 95.7 cm³/mol. The Kier molecular flexibility index (Phi) is 6.34. The average Bonchev–Trinajstić information content (AvgIpc) is 2.55. The monoisotopic (exact) mass is 431 g/mol. The lowest BCUT2D eigenvalue weighted by molar-refractivity contribution is 0.0356. The molecule has 0 aromatic heterocycles. The molecule has 2 rings (SSSR count). The number of rotatable bonds is 7. The quantitative estimate of drug-likeness (QED) is 0.505. The minimum absolute atomic E-state index is 0.109. The first-order valence-electron chi connectivity index (χ1n) is 7.65. The summed E-state index contributed by atoms with van der Waals surface area (Å²) in [7, 11) is -4.69. The standard InChI is InChI=1S/C17H17BrF2NO3P/c1-3-23-25(22,24-4-2)17(19,20)15-10-14-9-12(7-8-21)5-6-13(14)11-16(15)18/h5-6,9-11H,3-4,7H2,1-2H3. The van der Waals surface area contributed by atoms with Crippen LogP contribution in [0.1, 0.15) is 25.0 Å². The van der Waals surface area contributed by atoms with Gasteiger partial charge in [-0.2, -0.15) is 14.0 Å². The number of benzene rings is 2. The van der Waals surface area contributed by atoms with Crippen molar-refractivity contribution >= 4 is 34.3 Å². The molecule has 0 unspecified atom stereocenters. The van der Waals surface area contributed by atoms with Crippen molar-refractivity contribution in [1.82, 2.24) is 0 Å². The van der Waals surface area contributed by atoms with Crippen LogP contribution in [0.25, 0.3) is 10.8 Å². The van der Waals surface area contributed by atoms with Crippen LogP contribution in [0.15, 0.2) is 34.8 Å². The maximum absolute atomic E-state index is 15.0. The molecule has 0 fully saturated rings. The second-order valence-electron chi connectivity index (χ2n) is 5.22. The Labute approximate surface area is 153 Å². The van der Waals surface area contributed by atoms with Crippen LogP contribution in [0.4, 0.5) is 8.78 Å². The molecule has 0 radical (unpaired) electrons. The Bertz CT molecular complexity index is 857. The van der Waals surface area contributed by atoms with Crippen molar-refractivity contribution in [3.63, 3.8) is 0 Å². The summed E-state index contributed by atoms with van der Waals surface area (Å²) in [5.41, 5.74) is -3.58. The van der Waals surface area contributed by atoms with Crippen molar-refractivity contribution < 1.29 is 22.4 Å². The van der Waals surface area contributed by atoms with Crippen molar-refractivity contribution in [2.45, 2.75) is 25.9 Å². The molecule has 0 bridgehead atoms. The number of fused-ring (bicyclic) bond motifs is 1. The average molecular weight is 432 g/mol. The lowest BCUT2D eigenvalue weighted by Gasteiger charge is -2.27. The molecule has 0 amide bonds. The zero-order chi connectivity index (χ0) is 18.7. The molecule has 0 saturated carbocycles. The van der Waals surface area contributed by atoms with Crippen LogP contribution in [-0.2, 0) is 25.7 Å². The highest BCUT2D eigenvalue weighted by Crippen LogP contribution is 2.67. The highest BCUT2D eigenvalue weighted by atomic mass is 79.9. The van der Waals surface area contributed by atoms with Crippen LogP contribution in [0.5, 0.6) is 0 Å². The normalized spacial score (nSPS) is 12.3. The summed E-state index contributed by atoms with van der Waals surface area (Å²) in [5, 5.41) is 10.0. The Morgan fingerprint density at radius 2 is 1.80 bits per heavy atom. The number of halogens is 3. The van der Waals surface area contributed by atoms with Gasteiger partial charge in [-0.05, 0) is 42.3 Å². The van der Waals surface area contributed by atoms with Crippen LogP contribution in [0, 0.1) is 11.3 Å². The van der Waals surface area contributed by atoms with E-state index in [1.54, 1.807) is 18.2 Å². The molecule has 4 nitrogen and oxygen atoms in total. The van der Waals surface area contributed by atoms with Crippen molar-refractivity contribution in [2.24, 2.45) is 0 Å². The van der Waals surface area contributed by atoms with E-state index < -0.39 is 18.8 Å². The minimum Gasteiger partial charge on any atom is -0.304 e. The van der Waals surface area contributed by atoms with E-state index in [9.17, 15) is 4.57 Å². The van der Waals surface area contributed by atoms with Gasteiger partial charge in [0.2, 0.25) is 0 Å². The lowest BCUT2D eigenvalue weighted by Crippen LogP contribution is -2.19. The van der Waals surface area contributed by atoms with Gasteiger partial charge in [-0.3, -0.25) is 4.57 Å². The molecule has 2 aromatic carbocycles. The molecular formula is C17H17BrF2NO3P. The van der Waals surface area contributed by atoms with Gasteiger partial charge in [0.1, 0.15) is 0 Å². The molecule has 0 N–H and O–H groups in total. The van der Waals surface area contributed by atoms with E-state index in [-0.39, 0.29) is 24.1 Å². The van der Waals surface area contributed by atoms with Gasteiger partial charge >= 0.3 is 13.3 Å². The van der Waals surface area contributed by atoms with Crippen molar-refractivity contribution in [2.75, 3.05) is 13.2 Å². The SMILES string of the molecule is CCOP(=O)(OCC)C(F)(F)c1cc2cc(CC#N)ccc2cc1Br. The molecule has 8 heteroatoms. The fraction of sp³-hybridized carbons (Fsp3) is 0.353. The molecule has 0 atom stereocenters. The Balaban J connectivity index is 2.62. The minimum atomic E-state index is -4.69. The molecule has 0 aliphatic rings. The second-order valence-corrected chi connectivity index (χ2v) is 8.15. The topological polar surface area (TPSA) is 59.3 Å². The molecule has 0 aliphatic carbocycles. The van der Waals surface area contributed by atoms with Crippen LogP contribution in [0.2, 0.25) is 0 Å². The molecule has 0 saturated heterocycles. The van der Waals surface area contributed by atoms with Crippen LogP contribution in [-0.4, -0.2) is 13.2 Å². The van der Waals surface area contributed by atoms with Gasteiger partial charge in [0.25, 0.3) is 0 Å². The number of alkyl halides is 2. The summed E-state index contributed by atoms with van der Waals surface area (Å²) < 4.78 is 52.5. The van der Waals surface area contributed by atoms with E-state index in [1.807, 2.05) is 6.07 Å². The van der Waals surface area contributed by atoms with Crippen molar-refractivity contribution in [3.8, 4) is 6.07 Å². The Morgan fingerprint density at radius 3 is 2.36 bits per heavy atom. The van der Waals surface area contributed by atoms with Crippen LogP contribution >= 0.6 is 23.5 Å². The van der Waals surface area contributed by atoms with E-state index in [4.69, 9.17) is 14.3 Å². The lowest BCUT2D eigenvalue weighted by atomic mass is 10.0. The first-order valence-corrected chi connectivity index (χ1v) is 9.99. The van der Waals surface area contributed by atoms with Gasteiger partial charge in [0, 0.05) is 10.0 Å².